The summed E-state index contributed by atoms with van der Waals surface area (Å²) in [6, 6.07) is 11.3. The van der Waals surface area contributed by atoms with E-state index in [1.54, 1.807) is 12.1 Å². The molecule has 0 atom stereocenters. The van der Waals surface area contributed by atoms with Crippen LogP contribution in [0.3, 0.4) is 0 Å². The van der Waals surface area contributed by atoms with Crippen LogP contribution in [0.15, 0.2) is 59.6 Å². The van der Waals surface area contributed by atoms with Crippen molar-refractivity contribution in [3.8, 4) is 17.1 Å². The molecule has 10 heteroatoms. The lowest BCUT2D eigenvalue weighted by molar-refractivity contribution is -0.140. The molecule has 3 aromatic rings. The van der Waals surface area contributed by atoms with Crippen molar-refractivity contribution in [3.63, 3.8) is 0 Å². The van der Waals surface area contributed by atoms with E-state index in [4.69, 9.17) is 16.7 Å². The van der Waals surface area contributed by atoms with Crippen LogP contribution in [0.1, 0.15) is 5.69 Å². The summed E-state index contributed by atoms with van der Waals surface area (Å²) >= 11 is 5.82. The average Bonchev–Trinajstić information content (AvgIpc) is 3.00. The minimum atomic E-state index is -4.63. The normalized spacial score (nSPS) is 12.3. The van der Waals surface area contributed by atoms with Crippen LogP contribution in [0.5, 0.6) is 0 Å². The molecule has 2 aromatic carbocycles. The fourth-order valence-corrected chi connectivity index (χ4v) is 2.95. The number of nitrogens with zero attached hydrogens (tertiary/aromatic N) is 2. The molecule has 0 spiro atoms. The van der Waals surface area contributed by atoms with Crippen molar-refractivity contribution in [1.82, 2.24) is 9.55 Å². The number of rotatable bonds is 3. The monoisotopic (exact) mass is 401 g/mol. The zero-order chi connectivity index (χ0) is 19.1. The summed E-state index contributed by atoms with van der Waals surface area (Å²) in [6.45, 7) is 0. The second-order valence-electron chi connectivity index (χ2n) is 5.36. The highest BCUT2D eigenvalue weighted by atomic mass is 35.5. The molecule has 5 nitrogen and oxygen atoms in total. The Morgan fingerprint density at radius 3 is 2.08 bits per heavy atom. The van der Waals surface area contributed by atoms with Gasteiger partial charge in [-0.2, -0.15) is 13.2 Å². The van der Waals surface area contributed by atoms with E-state index in [2.05, 4.69) is 4.98 Å². The predicted molar refractivity (Wildman–Crippen MR) is 90.4 cm³/mol. The molecular formula is C16H11ClF3N3O2S. The molecule has 26 heavy (non-hydrogen) atoms. The van der Waals surface area contributed by atoms with Crippen LogP contribution < -0.4 is 5.14 Å². The molecule has 0 unspecified atom stereocenters. The minimum Gasteiger partial charge on any atom is -0.299 e. The number of hydrogen-bond donors (Lipinski definition) is 1. The predicted octanol–water partition coefficient (Wildman–Crippen LogP) is 3.86. The van der Waals surface area contributed by atoms with Crippen LogP contribution >= 0.6 is 11.6 Å². The van der Waals surface area contributed by atoms with Crippen molar-refractivity contribution in [2.45, 2.75) is 11.1 Å². The summed E-state index contributed by atoms with van der Waals surface area (Å²) in [5, 5.41) is 5.47. The quantitative estimate of drug-likeness (QED) is 0.723. The second kappa shape index (κ2) is 6.42. The third kappa shape index (κ3) is 3.74. The molecule has 2 N–H and O–H groups in total. The smallest absolute Gasteiger partial charge is 0.299 e. The first kappa shape index (κ1) is 18.4. The highest BCUT2D eigenvalue weighted by molar-refractivity contribution is 7.89. The van der Waals surface area contributed by atoms with Gasteiger partial charge >= 0.3 is 6.18 Å². The van der Waals surface area contributed by atoms with Gasteiger partial charge in [0.25, 0.3) is 0 Å². The fourth-order valence-electron chi connectivity index (χ4n) is 2.31. The molecular weight excluding hydrogens is 391 g/mol. The van der Waals surface area contributed by atoms with Crippen LogP contribution in [0, 0.1) is 0 Å². The van der Waals surface area contributed by atoms with Crippen LogP contribution in [-0.4, -0.2) is 18.0 Å². The topological polar surface area (TPSA) is 78.0 Å². The van der Waals surface area contributed by atoms with Gasteiger partial charge in [0.15, 0.2) is 5.69 Å². The first-order valence-electron chi connectivity index (χ1n) is 7.11. The van der Waals surface area contributed by atoms with E-state index in [9.17, 15) is 21.6 Å². The molecule has 0 saturated carbocycles. The van der Waals surface area contributed by atoms with Crippen molar-refractivity contribution in [2.75, 3.05) is 0 Å². The number of hydrogen-bond acceptors (Lipinski definition) is 3. The average molecular weight is 402 g/mol. The Balaban J connectivity index is 2.16. The zero-order valence-electron chi connectivity index (χ0n) is 12.9. The van der Waals surface area contributed by atoms with Crippen molar-refractivity contribution in [1.29, 1.82) is 0 Å². The molecule has 0 aliphatic carbocycles. The number of imidazole rings is 1. The molecule has 136 valence electrons. The van der Waals surface area contributed by atoms with Crippen molar-refractivity contribution >= 4 is 21.6 Å². The Labute approximate surface area is 151 Å². The summed E-state index contributed by atoms with van der Waals surface area (Å²) in [4.78, 5) is 3.52. The molecule has 0 aliphatic heterocycles. The Hall–Kier alpha value is -2.36. The van der Waals surface area contributed by atoms with Gasteiger partial charge in [0.1, 0.15) is 5.82 Å². The third-order valence-corrected chi connectivity index (χ3v) is 4.72. The van der Waals surface area contributed by atoms with Gasteiger partial charge in [0.2, 0.25) is 10.0 Å². The van der Waals surface area contributed by atoms with Gasteiger partial charge in [-0.1, -0.05) is 11.6 Å². The van der Waals surface area contributed by atoms with Gasteiger partial charge in [-0.3, -0.25) is 4.57 Å². The van der Waals surface area contributed by atoms with E-state index in [0.717, 1.165) is 6.20 Å². The van der Waals surface area contributed by atoms with Crippen LogP contribution in [-0.2, 0) is 16.2 Å². The Morgan fingerprint density at radius 2 is 1.58 bits per heavy atom. The van der Waals surface area contributed by atoms with E-state index < -0.39 is 21.9 Å². The Kier molecular flexibility index (Phi) is 4.55. The van der Waals surface area contributed by atoms with Crippen LogP contribution in [0.4, 0.5) is 13.2 Å². The second-order valence-corrected chi connectivity index (χ2v) is 7.36. The van der Waals surface area contributed by atoms with Gasteiger partial charge in [-0.05, 0) is 48.5 Å². The van der Waals surface area contributed by atoms with E-state index in [-0.39, 0.29) is 10.7 Å². The summed E-state index contributed by atoms with van der Waals surface area (Å²) in [5.74, 6) is 0.000571. The van der Waals surface area contributed by atoms with Crippen LogP contribution in [0.25, 0.3) is 17.1 Å². The maximum atomic E-state index is 13.1. The molecule has 1 aromatic heterocycles. The lowest BCUT2D eigenvalue weighted by Gasteiger charge is -2.08. The first-order chi connectivity index (χ1) is 12.1. The molecule has 3 rings (SSSR count). The molecule has 0 amide bonds. The number of primary sulfonamides is 1. The number of nitrogens with two attached hydrogens (primary N) is 1. The lowest BCUT2D eigenvalue weighted by atomic mass is 10.2. The molecule has 0 saturated heterocycles. The van der Waals surface area contributed by atoms with Crippen LogP contribution in [0.2, 0.25) is 5.02 Å². The van der Waals surface area contributed by atoms with E-state index in [1.165, 1.54) is 41.0 Å². The summed E-state index contributed by atoms with van der Waals surface area (Å²) in [6.07, 6.45) is -3.76. The molecule has 0 bridgehead atoms. The molecule has 0 aliphatic rings. The number of aromatic nitrogens is 2. The molecule has 1 heterocycles. The summed E-state index contributed by atoms with van der Waals surface area (Å²) in [7, 11) is -3.91. The van der Waals surface area contributed by atoms with E-state index >= 15 is 0 Å². The standard InChI is InChI=1S/C16H11ClF3N3O2S/c17-11-3-5-12(6-4-11)23-9-14(16(18,19)20)22-15(23)10-1-7-13(8-2-10)26(21,24)25/h1-9H,(H2,21,24,25). The van der Waals surface area contributed by atoms with Gasteiger partial charge in [-0.15, -0.1) is 0 Å². The number of halogens is 4. The molecule has 0 radical (unpaired) electrons. The third-order valence-electron chi connectivity index (χ3n) is 3.54. The Bertz CT molecular complexity index is 1040. The fraction of sp³-hybridized carbons (Fsp3) is 0.0625. The van der Waals surface area contributed by atoms with Gasteiger partial charge < -0.3 is 0 Å². The SMILES string of the molecule is NS(=O)(=O)c1ccc(-c2nc(C(F)(F)F)cn2-c2ccc(Cl)cc2)cc1. The highest BCUT2D eigenvalue weighted by Gasteiger charge is 2.35. The highest BCUT2D eigenvalue weighted by Crippen LogP contribution is 2.33. The largest absolute Gasteiger partial charge is 0.434 e. The van der Waals surface area contributed by atoms with Crippen molar-refractivity contribution in [2.24, 2.45) is 5.14 Å². The number of sulfonamides is 1. The maximum absolute atomic E-state index is 13.1. The summed E-state index contributed by atoms with van der Waals surface area (Å²) < 4.78 is 63.2. The maximum Gasteiger partial charge on any atom is 0.434 e. The van der Waals surface area contributed by atoms with Gasteiger partial charge in [0.05, 0.1) is 4.90 Å². The van der Waals surface area contributed by atoms with Crippen molar-refractivity contribution < 1.29 is 21.6 Å². The lowest BCUT2D eigenvalue weighted by Crippen LogP contribution is -2.11. The minimum absolute atomic E-state index is 0.000571. The molecule has 0 fully saturated rings. The summed E-state index contributed by atoms with van der Waals surface area (Å²) in [5.41, 5.74) is -0.358. The number of alkyl halides is 3. The first-order valence-corrected chi connectivity index (χ1v) is 9.04. The van der Waals surface area contributed by atoms with Gasteiger partial charge in [0, 0.05) is 22.5 Å². The van der Waals surface area contributed by atoms with Crippen molar-refractivity contribution in [3.05, 3.63) is 65.4 Å². The van der Waals surface area contributed by atoms with E-state index in [1.807, 2.05) is 0 Å². The number of benzene rings is 2. The Morgan fingerprint density at radius 1 is 1.00 bits per heavy atom. The van der Waals surface area contributed by atoms with Gasteiger partial charge in [-0.25, -0.2) is 18.5 Å². The van der Waals surface area contributed by atoms with E-state index in [0.29, 0.717) is 16.3 Å². The zero-order valence-corrected chi connectivity index (χ0v) is 14.5.